The Hall–Kier alpha value is -1.12. The highest BCUT2D eigenvalue weighted by Gasteiger charge is 2.35. The second-order valence-corrected chi connectivity index (χ2v) is 7.21. The third-order valence-electron chi connectivity index (χ3n) is 5.04. The molecule has 2 aromatic rings. The fourth-order valence-electron chi connectivity index (χ4n) is 4.29. The van der Waals surface area contributed by atoms with E-state index in [1.54, 1.807) is 11.1 Å². The van der Waals surface area contributed by atoms with Crippen LogP contribution in [0.25, 0.3) is 15.7 Å². The van der Waals surface area contributed by atoms with Gasteiger partial charge < -0.3 is 5.32 Å². The molecule has 0 saturated heterocycles. The van der Waals surface area contributed by atoms with Gasteiger partial charge in [-0.3, -0.25) is 0 Å². The van der Waals surface area contributed by atoms with Crippen molar-refractivity contribution in [3.63, 3.8) is 0 Å². The molecule has 1 saturated carbocycles. The van der Waals surface area contributed by atoms with Crippen molar-refractivity contribution in [2.75, 3.05) is 13.6 Å². The standard InChI is InChI=1S/C18H21NS/c1-19-11-14-10-12-5-6-13(9-12)18(14)16-3-2-4-17-15(16)7-8-20-17/h2-4,7-8,12-13,19H,5-6,9-11H2,1H3/t12?,13-/m0/s1. The van der Waals surface area contributed by atoms with Gasteiger partial charge >= 0.3 is 0 Å². The predicted octanol–water partition coefficient (Wildman–Crippen LogP) is 4.69. The lowest BCUT2D eigenvalue weighted by Crippen LogP contribution is -2.19. The summed E-state index contributed by atoms with van der Waals surface area (Å²) in [5, 5.41) is 7.09. The van der Waals surface area contributed by atoms with Gasteiger partial charge in [-0.05, 0) is 78.6 Å². The van der Waals surface area contributed by atoms with Crippen molar-refractivity contribution in [3.05, 3.63) is 40.8 Å². The maximum absolute atomic E-state index is 3.39. The molecule has 0 radical (unpaired) electrons. The van der Waals surface area contributed by atoms with Crippen molar-refractivity contribution in [3.8, 4) is 0 Å². The minimum atomic E-state index is 0.808. The molecule has 2 aliphatic carbocycles. The van der Waals surface area contributed by atoms with E-state index in [9.17, 15) is 0 Å². The number of benzene rings is 1. The fraction of sp³-hybridized carbons (Fsp3) is 0.444. The number of thiophene rings is 1. The van der Waals surface area contributed by atoms with Gasteiger partial charge in [0.25, 0.3) is 0 Å². The van der Waals surface area contributed by atoms with Crippen molar-refractivity contribution in [1.29, 1.82) is 0 Å². The van der Waals surface area contributed by atoms with Gasteiger partial charge in [-0.1, -0.05) is 17.7 Å². The van der Waals surface area contributed by atoms with E-state index >= 15 is 0 Å². The van der Waals surface area contributed by atoms with Crippen LogP contribution in [0.4, 0.5) is 0 Å². The minimum Gasteiger partial charge on any atom is -0.316 e. The van der Waals surface area contributed by atoms with Crippen molar-refractivity contribution < 1.29 is 0 Å². The first-order valence-electron chi connectivity index (χ1n) is 7.70. The number of fused-ring (bicyclic) bond motifs is 3. The van der Waals surface area contributed by atoms with Crippen molar-refractivity contribution >= 4 is 27.0 Å². The first-order valence-corrected chi connectivity index (χ1v) is 8.58. The van der Waals surface area contributed by atoms with Crippen LogP contribution in [0.15, 0.2) is 35.2 Å². The summed E-state index contributed by atoms with van der Waals surface area (Å²) in [5.74, 6) is 1.76. The maximum atomic E-state index is 3.39. The minimum absolute atomic E-state index is 0.808. The topological polar surface area (TPSA) is 12.0 Å². The Bertz CT molecular complexity index is 667. The SMILES string of the molecule is CNCC1=C(c2cccc3sccc23)[C@H]2CCC(C1)C2. The van der Waals surface area contributed by atoms with E-state index in [1.165, 1.54) is 41.3 Å². The second kappa shape index (κ2) is 5.01. The van der Waals surface area contributed by atoms with Crippen molar-refractivity contribution in [2.24, 2.45) is 11.8 Å². The summed E-state index contributed by atoms with van der Waals surface area (Å²) in [6.07, 6.45) is 5.56. The van der Waals surface area contributed by atoms with Crippen LogP contribution in [0.5, 0.6) is 0 Å². The molecule has 1 aromatic heterocycles. The van der Waals surface area contributed by atoms with Gasteiger partial charge in [0.05, 0.1) is 0 Å². The molecule has 20 heavy (non-hydrogen) atoms. The van der Waals surface area contributed by atoms with E-state index in [1.807, 2.05) is 11.3 Å². The van der Waals surface area contributed by atoms with Gasteiger partial charge in [0, 0.05) is 11.2 Å². The molecule has 4 rings (SSSR count). The first kappa shape index (κ1) is 12.6. The molecule has 0 amide bonds. The zero-order valence-electron chi connectivity index (χ0n) is 12.0. The number of rotatable bonds is 3. The molecule has 0 aliphatic heterocycles. The lowest BCUT2D eigenvalue weighted by molar-refractivity contribution is 0.502. The number of likely N-dealkylation sites (N-methyl/N-ethyl adjacent to an activating group) is 1. The third-order valence-corrected chi connectivity index (χ3v) is 5.92. The van der Waals surface area contributed by atoms with E-state index in [0.717, 1.165) is 18.4 Å². The Balaban J connectivity index is 1.90. The molecule has 2 bridgehead atoms. The van der Waals surface area contributed by atoms with Gasteiger partial charge in [-0.15, -0.1) is 11.3 Å². The molecule has 1 unspecified atom stereocenters. The summed E-state index contributed by atoms with van der Waals surface area (Å²) in [6.45, 7) is 1.06. The summed E-state index contributed by atoms with van der Waals surface area (Å²) in [7, 11) is 2.08. The number of nitrogens with one attached hydrogen (secondary N) is 1. The van der Waals surface area contributed by atoms with Gasteiger partial charge in [0.15, 0.2) is 0 Å². The molecule has 104 valence electrons. The van der Waals surface area contributed by atoms with Crippen LogP contribution >= 0.6 is 11.3 Å². The Morgan fingerprint density at radius 2 is 2.20 bits per heavy atom. The van der Waals surface area contributed by atoms with Gasteiger partial charge in [0.2, 0.25) is 0 Å². The molecule has 2 atom stereocenters. The Morgan fingerprint density at radius 1 is 1.25 bits per heavy atom. The smallest absolute Gasteiger partial charge is 0.0348 e. The molecule has 1 N–H and O–H groups in total. The van der Waals surface area contributed by atoms with Crippen molar-refractivity contribution in [2.45, 2.75) is 25.7 Å². The average Bonchev–Trinajstić information content (AvgIpc) is 3.07. The Kier molecular flexibility index (Phi) is 3.16. The van der Waals surface area contributed by atoms with E-state index in [2.05, 4.69) is 42.0 Å². The lowest BCUT2D eigenvalue weighted by Gasteiger charge is -2.27. The highest BCUT2D eigenvalue weighted by Crippen LogP contribution is 2.50. The van der Waals surface area contributed by atoms with Crippen molar-refractivity contribution in [1.82, 2.24) is 5.32 Å². The van der Waals surface area contributed by atoms with Gasteiger partial charge in [-0.2, -0.15) is 0 Å². The zero-order chi connectivity index (χ0) is 13.5. The zero-order valence-corrected chi connectivity index (χ0v) is 12.8. The fourth-order valence-corrected chi connectivity index (χ4v) is 5.10. The second-order valence-electron chi connectivity index (χ2n) is 6.27. The predicted molar refractivity (Wildman–Crippen MR) is 88.1 cm³/mol. The normalized spacial score (nSPS) is 25.6. The highest BCUT2D eigenvalue weighted by molar-refractivity contribution is 7.17. The molecule has 2 heteroatoms. The van der Waals surface area contributed by atoms with Crippen LogP contribution in [0, 0.1) is 11.8 Å². The molecule has 1 heterocycles. The Morgan fingerprint density at radius 3 is 3.10 bits per heavy atom. The monoisotopic (exact) mass is 283 g/mol. The molecule has 1 aromatic carbocycles. The van der Waals surface area contributed by atoms with Crippen LogP contribution in [-0.2, 0) is 0 Å². The summed E-state index contributed by atoms with van der Waals surface area (Å²) in [5.41, 5.74) is 4.86. The molecular weight excluding hydrogens is 262 g/mol. The lowest BCUT2D eigenvalue weighted by atomic mass is 9.79. The van der Waals surface area contributed by atoms with Gasteiger partial charge in [-0.25, -0.2) is 0 Å². The number of hydrogen-bond donors (Lipinski definition) is 1. The summed E-state index contributed by atoms with van der Waals surface area (Å²) >= 11 is 1.86. The molecular formula is C18H21NS. The average molecular weight is 283 g/mol. The van der Waals surface area contributed by atoms with E-state index in [4.69, 9.17) is 0 Å². The van der Waals surface area contributed by atoms with Gasteiger partial charge in [0.1, 0.15) is 0 Å². The summed E-state index contributed by atoms with van der Waals surface area (Å²) < 4.78 is 1.43. The largest absolute Gasteiger partial charge is 0.316 e. The van der Waals surface area contributed by atoms with Crippen LogP contribution < -0.4 is 5.32 Å². The first-order chi connectivity index (χ1) is 9.86. The van der Waals surface area contributed by atoms with E-state index < -0.39 is 0 Å². The quantitative estimate of drug-likeness (QED) is 0.861. The van der Waals surface area contributed by atoms with Crippen LogP contribution in [0.3, 0.4) is 0 Å². The van der Waals surface area contributed by atoms with Crippen LogP contribution in [0.1, 0.15) is 31.2 Å². The highest BCUT2D eigenvalue weighted by atomic mass is 32.1. The van der Waals surface area contributed by atoms with E-state index in [0.29, 0.717) is 0 Å². The number of allylic oxidation sites excluding steroid dienone is 1. The van der Waals surface area contributed by atoms with Crippen LogP contribution in [0.2, 0.25) is 0 Å². The van der Waals surface area contributed by atoms with Crippen LogP contribution in [-0.4, -0.2) is 13.6 Å². The molecule has 1 nitrogen and oxygen atoms in total. The summed E-state index contributed by atoms with van der Waals surface area (Å²) in [6, 6.07) is 9.14. The molecule has 0 spiro atoms. The maximum Gasteiger partial charge on any atom is 0.0348 e. The molecule has 1 fully saturated rings. The van der Waals surface area contributed by atoms with E-state index in [-0.39, 0.29) is 0 Å². The summed E-state index contributed by atoms with van der Waals surface area (Å²) in [4.78, 5) is 0. The molecule has 2 aliphatic rings. The Labute approximate surface area is 124 Å². The third kappa shape index (κ3) is 1.94. The number of hydrogen-bond acceptors (Lipinski definition) is 2.